The monoisotopic (exact) mass is 302 g/mol. The van der Waals surface area contributed by atoms with Crippen LogP contribution in [0.3, 0.4) is 0 Å². The zero-order valence-corrected chi connectivity index (χ0v) is 10.9. The van der Waals surface area contributed by atoms with E-state index in [4.69, 9.17) is 11.6 Å². The maximum absolute atomic E-state index is 6.10. The van der Waals surface area contributed by atoms with Gasteiger partial charge in [0.15, 0.2) is 5.16 Å². The Labute approximate surface area is 106 Å². The molecule has 0 saturated carbocycles. The van der Waals surface area contributed by atoms with Gasteiger partial charge < -0.3 is 4.98 Å². The molecule has 0 saturated heterocycles. The summed E-state index contributed by atoms with van der Waals surface area (Å²) in [5.41, 5.74) is 1.11. The van der Waals surface area contributed by atoms with E-state index in [0.717, 1.165) is 26.0 Å². The largest absolute Gasteiger partial charge is 0.340 e. The van der Waals surface area contributed by atoms with E-state index in [0.29, 0.717) is 0 Å². The highest BCUT2D eigenvalue weighted by Gasteiger charge is 2.02. The topological polar surface area (TPSA) is 28.7 Å². The number of aromatic nitrogens is 2. The van der Waals surface area contributed by atoms with Crippen LogP contribution in [0, 0.1) is 0 Å². The summed E-state index contributed by atoms with van der Waals surface area (Å²) in [7, 11) is 0. The third-order valence-corrected chi connectivity index (χ3v) is 3.65. The fraction of sp³-hybridized carbons (Fsp3) is 0.100. The Morgan fingerprint density at radius 3 is 3.00 bits per heavy atom. The predicted octanol–water partition coefficient (Wildman–Crippen LogP) is 4.12. The van der Waals surface area contributed by atoms with Crippen LogP contribution in [0.1, 0.15) is 5.56 Å². The first-order chi connectivity index (χ1) is 7.25. The Bertz CT molecular complexity index is 445. The normalized spacial score (nSPS) is 10.5. The minimum Gasteiger partial charge on any atom is -0.340 e. The summed E-state index contributed by atoms with van der Waals surface area (Å²) in [6, 6.07) is 5.91. The molecule has 0 radical (unpaired) electrons. The molecule has 0 spiro atoms. The first-order valence-corrected chi connectivity index (χ1v) is 6.47. The second-order valence-electron chi connectivity index (χ2n) is 2.92. The van der Waals surface area contributed by atoms with E-state index < -0.39 is 0 Å². The van der Waals surface area contributed by atoms with Gasteiger partial charge in [-0.3, -0.25) is 0 Å². The van der Waals surface area contributed by atoms with E-state index >= 15 is 0 Å². The molecule has 5 heteroatoms. The SMILES string of the molecule is Clc1cc(Br)ccc1CSc1ncc[nH]1. The van der Waals surface area contributed by atoms with Gasteiger partial charge in [0.25, 0.3) is 0 Å². The molecule has 0 bridgehead atoms. The van der Waals surface area contributed by atoms with Crippen molar-refractivity contribution in [1.29, 1.82) is 0 Å². The molecule has 15 heavy (non-hydrogen) atoms. The Balaban J connectivity index is 2.05. The van der Waals surface area contributed by atoms with E-state index in [1.807, 2.05) is 24.4 Å². The summed E-state index contributed by atoms with van der Waals surface area (Å²) in [5, 5.41) is 1.69. The standard InChI is InChI=1S/C10H8BrClN2S/c11-8-2-1-7(9(12)5-8)6-15-10-13-3-4-14-10/h1-5H,6H2,(H,13,14). The Kier molecular flexibility index (Phi) is 3.72. The molecule has 0 unspecified atom stereocenters. The zero-order chi connectivity index (χ0) is 10.7. The van der Waals surface area contributed by atoms with Crippen molar-refractivity contribution >= 4 is 39.3 Å². The molecular formula is C10H8BrClN2S. The van der Waals surface area contributed by atoms with Crippen molar-refractivity contribution < 1.29 is 0 Å². The van der Waals surface area contributed by atoms with Crippen molar-refractivity contribution in [3.05, 3.63) is 45.7 Å². The second kappa shape index (κ2) is 5.05. The number of nitrogens with one attached hydrogen (secondary N) is 1. The molecule has 0 fully saturated rings. The number of benzene rings is 1. The van der Waals surface area contributed by atoms with Gasteiger partial charge in [0.2, 0.25) is 0 Å². The van der Waals surface area contributed by atoms with Gasteiger partial charge in [-0.1, -0.05) is 45.4 Å². The minimum absolute atomic E-state index is 0.781. The molecule has 1 aromatic carbocycles. The highest BCUT2D eigenvalue weighted by molar-refractivity contribution is 9.10. The predicted molar refractivity (Wildman–Crippen MR) is 67.3 cm³/mol. The number of imidazole rings is 1. The molecule has 0 aliphatic carbocycles. The van der Waals surface area contributed by atoms with Gasteiger partial charge >= 0.3 is 0 Å². The van der Waals surface area contributed by atoms with Gasteiger partial charge in [0.05, 0.1) is 0 Å². The van der Waals surface area contributed by atoms with E-state index in [2.05, 4.69) is 25.9 Å². The number of halogens is 2. The number of H-pyrrole nitrogens is 1. The molecule has 1 heterocycles. The van der Waals surface area contributed by atoms with Crippen molar-refractivity contribution in [1.82, 2.24) is 9.97 Å². The lowest BCUT2D eigenvalue weighted by molar-refractivity contribution is 1.06. The molecule has 1 N–H and O–H groups in total. The average molecular weight is 304 g/mol. The molecule has 0 aliphatic rings. The zero-order valence-electron chi connectivity index (χ0n) is 7.71. The first-order valence-electron chi connectivity index (χ1n) is 4.32. The van der Waals surface area contributed by atoms with Crippen LogP contribution in [0.4, 0.5) is 0 Å². The van der Waals surface area contributed by atoms with Gasteiger partial charge in [-0.05, 0) is 17.7 Å². The third kappa shape index (κ3) is 3.00. The summed E-state index contributed by atoms with van der Waals surface area (Å²) < 4.78 is 0.999. The highest BCUT2D eigenvalue weighted by atomic mass is 79.9. The Hall–Kier alpha value is -0.450. The molecule has 2 rings (SSSR count). The van der Waals surface area contributed by atoms with Crippen LogP contribution in [-0.4, -0.2) is 9.97 Å². The van der Waals surface area contributed by atoms with Crippen LogP contribution in [0.15, 0.2) is 40.2 Å². The Morgan fingerprint density at radius 2 is 2.33 bits per heavy atom. The summed E-state index contributed by atoms with van der Waals surface area (Å²) in [5.74, 6) is 0.819. The van der Waals surface area contributed by atoms with Crippen molar-refractivity contribution in [3.8, 4) is 0 Å². The van der Waals surface area contributed by atoms with Crippen molar-refractivity contribution in [3.63, 3.8) is 0 Å². The fourth-order valence-electron chi connectivity index (χ4n) is 1.11. The molecule has 2 nitrogen and oxygen atoms in total. The lowest BCUT2D eigenvalue weighted by atomic mass is 10.2. The summed E-state index contributed by atoms with van der Waals surface area (Å²) in [6.45, 7) is 0. The van der Waals surface area contributed by atoms with Crippen LogP contribution in [-0.2, 0) is 5.75 Å². The maximum atomic E-state index is 6.10. The van der Waals surface area contributed by atoms with Crippen molar-refractivity contribution in [2.75, 3.05) is 0 Å². The molecular weight excluding hydrogens is 296 g/mol. The van der Waals surface area contributed by atoms with Gasteiger partial charge in [-0.15, -0.1) is 0 Å². The number of hydrogen-bond donors (Lipinski definition) is 1. The minimum atomic E-state index is 0.781. The van der Waals surface area contributed by atoms with Crippen molar-refractivity contribution in [2.24, 2.45) is 0 Å². The third-order valence-electron chi connectivity index (χ3n) is 1.85. The van der Waals surface area contributed by atoms with E-state index in [9.17, 15) is 0 Å². The van der Waals surface area contributed by atoms with E-state index in [-0.39, 0.29) is 0 Å². The number of hydrogen-bond acceptors (Lipinski definition) is 2. The number of rotatable bonds is 3. The van der Waals surface area contributed by atoms with Gasteiger partial charge in [-0.2, -0.15) is 0 Å². The highest BCUT2D eigenvalue weighted by Crippen LogP contribution is 2.26. The fourth-order valence-corrected chi connectivity index (χ4v) is 2.76. The van der Waals surface area contributed by atoms with Crippen LogP contribution in [0.2, 0.25) is 5.02 Å². The molecule has 0 aliphatic heterocycles. The molecule has 2 aromatic rings. The van der Waals surface area contributed by atoms with E-state index in [1.54, 1.807) is 18.0 Å². The lowest BCUT2D eigenvalue weighted by Gasteiger charge is -2.02. The van der Waals surface area contributed by atoms with Gasteiger partial charge in [-0.25, -0.2) is 4.98 Å². The molecule has 0 amide bonds. The first kappa shape index (κ1) is 11.0. The lowest BCUT2D eigenvalue weighted by Crippen LogP contribution is -1.83. The van der Waals surface area contributed by atoms with Gasteiger partial charge in [0, 0.05) is 27.6 Å². The smallest absolute Gasteiger partial charge is 0.165 e. The van der Waals surface area contributed by atoms with Crippen LogP contribution in [0.25, 0.3) is 0 Å². The number of nitrogens with zero attached hydrogens (tertiary/aromatic N) is 1. The second-order valence-corrected chi connectivity index (χ2v) is 5.21. The maximum Gasteiger partial charge on any atom is 0.165 e. The summed E-state index contributed by atoms with van der Waals surface area (Å²) in [4.78, 5) is 7.17. The van der Waals surface area contributed by atoms with Crippen LogP contribution < -0.4 is 0 Å². The average Bonchev–Trinajstić information content (AvgIpc) is 2.69. The molecule has 1 aromatic heterocycles. The summed E-state index contributed by atoms with van der Waals surface area (Å²) >= 11 is 11.1. The number of thioether (sulfide) groups is 1. The van der Waals surface area contributed by atoms with Crippen molar-refractivity contribution in [2.45, 2.75) is 10.9 Å². The summed E-state index contributed by atoms with van der Waals surface area (Å²) in [6.07, 6.45) is 3.55. The van der Waals surface area contributed by atoms with Crippen LogP contribution >= 0.6 is 39.3 Å². The van der Waals surface area contributed by atoms with E-state index in [1.165, 1.54) is 0 Å². The molecule has 0 atom stereocenters. The Morgan fingerprint density at radius 1 is 1.47 bits per heavy atom. The van der Waals surface area contributed by atoms with Crippen LogP contribution in [0.5, 0.6) is 0 Å². The van der Waals surface area contributed by atoms with Gasteiger partial charge in [0.1, 0.15) is 0 Å². The molecule has 78 valence electrons. The quantitative estimate of drug-likeness (QED) is 0.864. The number of aromatic amines is 1.